The first kappa shape index (κ1) is 23.3. The number of nitrogens with two attached hydrogens (primary N) is 1. The Hall–Kier alpha value is -4.47. The number of hydrogen-bond donors (Lipinski definition) is 1. The zero-order valence-electron chi connectivity index (χ0n) is 19.9. The molecule has 36 heavy (non-hydrogen) atoms. The maximum atomic E-state index is 15.3. The van der Waals surface area contributed by atoms with Crippen LogP contribution in [0.1, 0.15) is 25.6 Å². The van der Waals surface area contributed by atoms with Crippen molar-refractivity contribution in [3.05, 3.63) is 78.4 Å². The summed E-state index contributed by atoms with van der Waals surface area (Å²) < 4.78 is 44.5. The second kappa shape index (κ2) is 9.29. The molecule has 0 radical (unpaired) electrons. The van der Waals surface area contributed by atoms with Gasteiger partial charge in [0.25, 0.3) is 0 Å². The zero-order chi connectivity index (χ0) is 25.4. The molecule has 0 aliphatic rings. The van der Waals surface area contributed by atoms with E-state index in [0.717, 1.165) is 5.69 Å². The number of anilines is 1. The van der Waals surface area contributed by atoms with E-state index in [0.29, 0.717) is 22.5 Å². The van der Waals surface area contributed by atoms with Gasteiger partial charge in [0.2, 0.25) is 0 Å². The highest BCUT2D eigenvalue weighted by Crippen LogP contribution is 2.35. The lowest BCUT2D eigenvalue weighted by Crippen LogP contribution is -2.04. The van der Waals surface area contributed by atoms with Crippen LogP contribution >= 0.6 is 0 Å². The Morgan fingerprint density at radius 1 is 1.00 bits per heavy atom. The average Bonchev–Trinajstić information content (AvgIpc) is 3.42. The van der Waals surface area contributed by atoms with Crippen LogP contribution in [0.5, 0.6) is 17.2 Å². The molecule has 2 aromatic carbocycles. The molecule has 0 bridgehead atoms. The van der Waals surface area contributed by atoms with E-state index in [9.17, 15) is 4.39 Å². The lowest BCUT2D eigenvalue weighted by atomic mass is 10.1. The molecule has 0 spiro atoms. The number of halogens is 2. The Kier molecular flexibility index (Phi) is 6.01. The number of benzene rings is 2. The van der Waals surface area contributed by atoms with E-state index >= 15 is 4.39 Å². The van der Waals surface area contributed by atoms with Crippen LogP contribution < -0.4 is 15.2 Å². The summed E-state index contributed by atoms with van der Waals surface area (Å²) in [6.45, 7) is 4.15. The Bertz CT molecular complexity index is 1560. The number of ether oxygens (including phenoxy) is 2. The standard InChI is InChI=1S/C26H24F2N6O2/c1-15(2)34-26-23(25(29)30-14-31-26)24(32-34)21-7-6-18(12-22(21)28)36-20-10-16(27)9-19(11-20)35-13-17-5-4-8-33(17)3/h4-12,14-15H,13H2,1-3H3,(H2,29,30,31). The second-order valence-corrected chi connectivity index (χ2v) is 8.61. The molecular formula is C26H24F2N6O2. The highest BCUT2D eigenvalue weighted by Gasteiger charge is 2.21. The highest BCUT2D eigenvalue weighted by molar-refractivity contribution is 5.98. The molecule has 0 saturated carbocycles. The van der Waals surface area contributed by atoms with Gasteiger partial charge in [-0.3, -0.25) is 0 Å². The number of fused-ring (bicyclic) bond motifs is 1. The molecule has 2 N–H and O–H groups in total. The van der Waals surface area contributed by atoms with E-state index in [4.69, 9.17) is 15.2 Å². The molecule has 0 amide bonds. The minimum atomic E-state index is -0.581. The van der Waals surface area contributed by atoms with Crippen molar-refractivity contribution in [1.82, 2.24) is 24.3 Å². The zero-order valence-corrected chi connectivity index (χ0v) is 19.9. The third-order valence-electron chi connectivity index (χ3n) is 5.72. The van der Waals surface area contributed by atoms with Crippen LogP contribution in [0.4, 0.5) is 14.6 Å². The van der Waals surface area contributed by atoms with E-state index < -0.39 is 11.6 Å². The fourth-order valence-electron chi connectivity index (χ4n) is 3.91. The summed E-state index contributed by atoms with van der Waals surface area (Å²) >= 11 is 0. The molecular weight excluding hydrogens is 466 g/mol. The van der Waals surface area contributed by atoms with E-state index in [1.54, 1.807) is 16.8 Å². The van der Waals surface area contributed by atoms with Crippen molar-refractivity contribution in [1.29, 1.82) is 0 Å². The van der Waals surface area contributed by atoms with Gasteiger partial charge in [0, 0.05) is 49.1 Å². The van der Waals surface area contributed by atoms with Crippen LogP contribution in [0.3, 0.4) is 0 Å². The number of nitrogens with zero attached hydrogens (tertiary/aromatic N) is 5. The predicted molar refractivity (Wildman–Crippen MR) is 132 cm³/mol. The molecule has 10 heteroatoms. The number of aromatic nitrogens is 5. The molecule has 184 valence electrons. The summed E-state index contributed by atoms with van der Waals surface area (Å²) in [5.41, 5.74) is 8.09. The maximum absolute atomic E-state index is 15.3. The summed E-state index contributed by atoms with van der Waals surface area (Å²) in [6, 6.07) is 12.1. The molecule has 0 saturated heterocycles. The van der Waals surface area contributed by atoms with Crippen molar-refractivity contribution in [3.8, 4) is 28.5 Å². The molecule has 0 fully saturated rings. The summed E-state index contributed by atoms with van der Waals surface area (Å²) in [7, 11) is 1.90. The van der Waals surface area contributed by atoms with Gasteiger partial charge in [-0.2, -0.15) is 5.10 Å². The summed E-state index contributed by atoms with van der Waals surface area (Å²) in [5.74, 6) is -0.243. The first-order chi connectivity index (χ1) is 17.3. The third-order valence-corrected chi connectivity index (χ3v) is 5.72. The number of hydrogen-bond acceptors (Lipinski definition) is 6. The Labute approximate surface area is 205 Å². The Morgan fingerprint density at radius 3 is 2.53 bits per heavy atom. The van der Waals surface area contributed by atoms with Gasteiger partial charge in [-0.25, -0.2) is 23.4 Å². The van der Waals surface area contributed by atoms with E-state index in [-0.39, 0.29) is 35.5 Å². The van der Waals surface area contributed by atoms with Crippen molar-refractivity contribution >= 4 is 16.9 Å². The van der Waals surface area contributed by atoms with Gasteiger partial charge in [0.05, 0.1) is 11.1 Å². The second-order valence-electron chi connectivity index (χ2n) is 8.61. The minimum Gasteiger partial charge on any atom is -0.487 e. The largest absolute Gasteiger partial charge is 0.487 e. The molecule has 0 aliphatic carbocycles. The smallest absolute Gasteiger partial charge is 0.164 e. The summed E-state index contributed by atoms with van der Waals surface area (Å²) in [4.78, 5) is 8.32. The minimum absolute atomic E-state index is 0.0211. The molecule has 8 nitrogen and oxygen atoms in total. The van der Waals surface area contributed by atoms with Crippen LogP contribution in [0.15, 0.2) is 61.1 Å². The molecule has 5 aromatic rings. The van der Waals surface area contributed by atoms with Crippen molar-refractivity contribution in [2.45, 2.75) is 26.5 Å². The van der Waals surface area contributed by atoms with Crippen LogP contribution in [-0.4, -0.2) is 24.3 Å². The lowest BCUT2D eigenvalue weighted by Gasteiger charge is -2.11. The van der Waals surface area contributed by atoms with E-state index in [1.807, 2.05) is 43.8 Å². The van der Waals surface area contributed by atoms with Gasteiger partial charge in [-0.15, -0.1) is 0 Å². The van der Waals surface area contributed by atoms with Gasteiger partial charge in [-0.05, 0) is 38.1 Å². The quantitative estimate of drug-likeness (QED) is 0.317. The third kappa shape index (κ3) is 4.45. The summed E-state index contributed by atoms with van der Waals surface area (Å²) in [6.07, 6.45) is 3.25. The number of aryl methyl sites for hydroxylation is 1. The molecule has 0 aliphatic heterocycles. The molecule has 5 rings (SSSR count). The van der Waals surface area contributed by atoms with E-state index in [1.165, 1.54) is 30.6 Å². The van der Waals surface area contributed by atoms with Crippen molar-refractivity contribution < 1.29 is 18.3 Å². The number of rotatable bonds is 7. The first-order valence-corrected chi connectivity index (χ1v) is 11.3. The van der Waals surface area contributed by atoms with Gasteiger partial charge in [0.1, 0.15) is 53.3 Å². The van der Waals surface area contributed by atoms with Gasteiger partial charge in [0.15, 0.2) is 5.65 Å². The summed E-state index contributed by atoms with van der Waals surface area (Å²) in [5, 5.41) is 5.03. The fourth-order valence-corrected chi connectivity index (χ4v) is 3.91. The molecule has 3 heterocycles. The molecule has 3 aromatic heterocycles. The predicted octanol–water partition coefficient (Wildman–Crippen LogP) is 5.64. The lowest BCUT2D eigenvalue weighted by molar-refractivity contribution is 0.294. The highest BCUT2D eigenvalue weighted by atomic mass is 19.1. The van der Waals surface area contributed by atoms with E-state index in [2.05, 4.69) is 15.1 Å². The molecule has 0 atom stereocenters. The number of nitrogen functional groups attached to an aromatic ring is 1. The Morgan fingerprint density at radius 2 is 1.81 bits per heavy atom. The monoisotopic (exact) mass is 490 g/mol. The fraction of sp³-hybridized carbons (Fsp3) is 0.192. The van der Waals surface area contributed by atoms with Gasteiger partial charge in [-0.1, -0.05) is 0 Å². The molecule has 0 unspecified atom stereocenters. The topological polar surface area (TPSA) is 93.0 Å². The Balaban J connectivity index is 1.42. The normalized spacial score (nSPS) is 11.4. The SMILES string of the molecule is CC(C)n1nc(-c2ccc(Oc3cc(F)cc(OCc4cccn4C)c3)cc2F)c2c(N)ncnc21. The maximum Gasteiger partial charge on any atom is 0.164 e. The van der Waals surface area contributed by atoms with Crippen LogP contribution in [-0.2, 0) is 13.7 Å². The first-order valence-electron chi connectivity index (χ1n) is 11.3. The van der Waals surface area contributed by atoms with Crippen molar-refractivity contribution in [3.63, 3.8) is 0 Å². The average molecular weight is 491 g/mol. The van der Waals surface area contributed by atoms with Crippen molar-refractivity contribution in [2.75, 3.05) is 5.73 Å². The van der Waals surface area contributed by atoms with Gasteiger partial charge < -0.3 is 19.8 Å². The van der Waals surface area contributed by atoms with Crippen LogP contribution in [0.2, 0.25) is 0 Å². The van der Waals surface area contributed by atoms with Crippen LogP contribution in [0, 0.1) is 11.6 Å². The van der Waals surface area contributed by atoms with Gasteiger partial charge >= 0.3 is 0 Å². The van der Waals surface area contributed by atoms with Crippen LogP contribution in [0.25, 0.3) is 22.3 Å². The van der Waals surface area contributed by atoms with Crippen molar-refractivity contribution in [2.24, 2.45) is 7.05 Å².